The van der Waals surface area contributed by atoms with Gasteiger partial charge in [-0.25, -0.2) is 0 Å². The normalized spacial score (nSPS) is 28.2. The van der Waals surface area contributed by atoms with Crippen LogP contribution in [0.25, 0.3) is 11.1 Å². The summed E-state index contributed by atoms with van der Waals surface area (Å²) in [6.45, 7) is 2.90. The van der Waals surface area contributed by atoms with Gasteiger partial charge in [0, 0.05) is 43.2 Å². The Labute approximate surface area is 209 Å². The zero-order valence-electron chi connectivity index (χ0n) is 20.9. The molecule has 1 aliphatic carbocycles. The fourth-order valence-electron chi connectivity index (χ4n) is 7.00. The van der Waals surface area contributed by atoms with Gasteiger partial charge in [0.25, 0.3) is 5.91 Å². The van der Waals surface area contributed by atoms with Crippen LogP contribution >= 0.6 is 0 Å². The first-order chi connectivity index (χ1) is 17.0. The Morgan fingerprint density at radius 2 is 1.66 bits per heavy atom. The molecular weight excluding hydrogens is 436 g/mol. The zero-order valence-corrected chi connectivity index (χ0v) is 20.9. The minimum Gasteiger partial charge on any atom is -0.487 e. The molecule has 6 rings (SSSR count). The zero-order chi connectivity index (χ0) is 24.0. The number of benzene rings is 2. The summed E-state index contributed by atoms with van der Waals surface area (Å²) in [5, 5.41) is 11.0. The number of ether oxygens (including phenoxy) is 1. The van der Waals surface area contributed by atoms with Gasteiger partial charge in [-0.05, 0) is 86.9 Å². The third-order valence-corrected chi connectivity index (χ3v) is 9.13. The number of nitrogens with zero attached hydrogens (tertiary/aromatic N) is 2. The van der Waals surface area contributed by atoms with Crippen LogP contribution in [-0.4, -0.2) is 59.1 Å². The molecule has 2 aromatic carbocycles. The van der Waals surface area contributed by atoms with Crippen molar-refractivity contribution in [2.45, 2.75) is 75.5 Å². The molecule has 3 aliphatic heterocycles. The third-order valence-electron chi connectivity index (χ3n) is 9.13. The molecule has 1 amide bonds. The lowest BCUT2D eigenvalue weighted by Crippen LogP contribution is -2.49. The van der Waals surface area contributed by atoms with E-state index in [2.05, 4.69) is 29.0 Å². The Kier molecular flexibility index (Phi) is 6.10. The van der Waals surface area contributed by atoms with Crippen molar-refractivity contribution in [3.05, 3.63) is 53.6 Å². The highest BCUT2D eigenvalue weighted by Gasteiger charge is 2.42. The summed E-state index contributed by atoms with van der Waals surface area (Å²) in [7, 11) is 2.14. The molecule has 4 aliphatic rings. The summed E-state index contributed by atoms with van der Waals surface area (Å²) in [5.41, 5.74) is 3.53. The van der Waals surface area contributed by atoms with Gasteiger partial charge in [-0.15, -0.1) is 0 Å². The van der Waals surface area contributed by atoms with E-state index in [1.165, 1.54) is 25.7 Å². The summed E-state index contributed by atoms with van der Waals surface area (Å²) in [5.74, 6) is 1.69. The van der Waals surface area contributed by atoms with E-state index in [4.69, 9.17) is 4.74 Å². The molecule has 2 aromatic rings. The van der Waals surface area contributed by atoms with Gasteiger partial charge in [0.05, 0.1) is 6.10 Å². The fraction of sp³-hybridized carbons (Fsp3) is 0.567. The first-order valence-electron chi connectivity index (χ1n) is 13.6. The van der Waals surface area contributed by atoms with Crippen LogP contribution in [0.3, 0.4) is 0 Å². The van der Waals surface area contributed by atoms with Crippen molar-refractivity contribution in [3.63, 3.8) is 0 Å². The van der Waals surface area contributed by atoms with Gasteiger partial charge < -0.3 is 19.6 Å². The van der Waals surface area contributed by atoms with Crippen LogP contribution in [0.15, 0.2) is 42.5 Å². The summed E-state index contributed by atoms with van der Waals surface area (Å²) in [4.78, 5) is 17.9. The second kappa shape index (κ2) is 9.25. The number of rotatable bonds is 2. The first kappa shape index (κ1) is 23.1. The predicted octanol–water partition coefficient (Wildman–Crippen LogP) is 5.43. The third kappa shape index (κ3) is 4.38. The van der Waals surface area contributed by atoms with Gasteiger partial charge in [-0.2, -0.15) is 0 Å². The average Bonchev–Trinajstić information content (AvgIpc) is 2.90. The number of amides is 1. The first-order valence-corrected chi connectivity index (χ1v) is 13.6. The lowest BCUT2D eigenvalue weighted by Gasteiger charge is -2.45. The van der Waals surface area contributed by atoms with E-state index in [9.17, 15) is 9.90 Å². The summed E-state index contributed by atoms with van der Waals surface area (Å²) >= 11 is 0. The molecule has 1 spiro atoms. The van der Waals surface area contributed by atoms with Crippen LogP contribution < -0.4 is 4.74 Å². The standard InChI is InChI=1S/C30H38N2O3/c1-31-17-14-30(15-18-31)20-27(33)25-19-24(12-13-28(25)35-30)21-8-10-23(11-9-21)29(34)32-16-4-6-22-5-2-3-7-26(22)32/h8-13,19,22,26-27,33H,2-7,14-18,20H2,1H3. The van der Waals surface area contributed by atoms with Crippen LogP contribution in [0.2, 0.25) is 0 Å². The highest BCUT2D eigenvalue weighted by molar-refractivity contribution is 5.95. The lowest BCUT2D eigenvalue weighted by molar-refractivity contribution is -0.0503. The molecule has 2 saturated heterocycles. The lowest BCUT2D eigenvalue weighted by atomic mass is 9.78. The number of piperidine rings is 2. The number of carbonyl (C=O) groups excluding carboxylic acids is 1. The van der Waals surface area contributed by atoms with Crippen LogP contribution in [0, 0.1) is 5.92 Å². The maximum absolute atomic E-state index is 13.4. The van der Waals surface area contributed by atoms with E-state index in [1.807, 2.05) is 30.3 Å². The Hall–Kier alpha value is -2.37. The molecule has 0 radical (unpaired) electrons. The minimum absolute atomic E-state index is 0.186. The Bertz CT molecular complexity index is 1070. The molecule has 186 valence electrons. The summed E-state index contributed by atoms with van der Waals surface area (Å²) in [6.07, 6.45) is 9.46. The number of likely N-dealkylation sites (tertiary alicyclic amines) is 2. The van der Waals surface area contributed by atoms with Gasteiger partial charge in [0.2, 0.25) is 0 Å². The summed E-state index contributed by atoms with van der Waals surface area (Å²) in [6, 6.07) is 14.6. The number of carbonyl (C=O) groups is 1. The Morgan fingerprint density at radius 1 is 0.943 bits per heavy atom. The summed E-state index contributed by atoms with van der Waals surface area (Å²) < 4.78 is 6.49. The van der Waals surface area contributed by atoms with Crippen LogP contribution in [0.5, 0.6) is 5.75 Å². The smallest absolute Gasteiger partial charge is 0.254 e. The van der Waals surface area contributed by atoms with Gasteiger partial charge in [0.1, 0.15) is 11.4 Å². The van der Waals surface area contributed by atoms with E-state index in [0.717, 1.165) is 73.3 Å². The number of aliphatic hydroxyl groups is 1. The van der Waals surface area contributed by atoms with Gasteiger partial charge >= 0.3 is 0 Å². The van der Waals surface area contributed by atoms with Crippen LogP contribution in [-0.2, 0) is 0 Å². The monoisotopic (exact) mass is 474 g/mol. The second-order valence-corrected chi connectivity index (χ2v) is 11.4. The van der Waals surface area contributed by atoms with Crippen molar-refractivity contribution in [2.75, 3.05) is 26.7 Å². The van der Waals surface area contributed by atoms with Gasteiger partial charge in [-0.3, -0.25) is 4.79 Å². The molecule has 5 heteroatoms. The number of aliphatic hydroxyl groups excluding tert-OH is 1. The quantitative estimate of drug-likeness (QED) is 0.631. The highest BCUT2D eigenvalue weighted by atomic mass is 16.5. The van der Waals surface area contributed by atoms with Crippen molar-refractivity contribution in [3.8, 4) is 16.9 Å². The van der Waals surface area contributed by atoms with Crippen molar-refractivity contribution < 1.29 is 14.6 Å². The number of hydrogen-bond donors (Lipinski definition) is 1. The largest absolute Gasteiger partial charge is 0.487 e. The molecule has 3 atom stereocenters. The molecule has 35 heavy (non-hydrogen) atoms. The topological polar surface area (TPSA) is 53.0 Å². The molecule has 1 saturated carbocycles. The molecule has 0 bridgehead atoms. The van der Waals surface area contributed by atoms with Crippen molar-refractivity contribution >= 4 is 5.91 Å². The molecule has 3 heterocycles. The van der Waals surface area contributed by atoms with E-state index < -0.39 is 6.10 Å². The van der Waals surface area contributed by atoms with Gasteiger partial charge in [0.15, 0.2) is 0 Å². The minimum atomic E-state index is -0.509. The molecule has 3 unspecified atom stereocenters. The Morgan fingerprint density at radius 3 is 2.46 bits per heavy atom. The van der Waals surface area contributed by atoms with Crippen molar-refractivity contribution in [1.82, 2.24) is 9.80 Å². The maximum Gasteiger partial charge on any atom is 0.254 e. The van der Waals surface area contributed by atoms with E-state index in [0.29, 0.717) is 18.4 Å². The second-order valence-electron chi connectivity index (χ2n) is 11.4. The predicted molar refractivity (Wildman–Crippen MR) is 138 cm³/mol. The highest BCUT2D eigenvalue weighted by Crippen LogP contribution is 2.45. The number of fused-ring (bicyclic) bond motifs is 2. The molecule has 0 aromatic heterocycles. The average molecular weight is 475 g/mol. The molecule has 5 nitrogen and oxygen atoms in total. The SMILES string of the molecule is CN1CCC2(CC1)CC(O)c1cc(-c3ccc(C(=O)N4CCCC5CCCCC54)cc3)ccc1O2. The molecule has 1 N–H and O–H groups in total. The van der Waals surface area contributed by atoms with Crippen molar-refractivity contribution in [1.29, 1.82) is 0 Å². The fourth-order valence-corrected chi connectivity index (χ4v) is 7.00. The van der Waals surface area contributed by atoms with Gasteiger partial charge in [-0.1, -0.05) is 31.0 Å². The Balaban J connectivity index is 1.19. The van der Waals surface area contributed by atoms with E-state index in [-0.39, 0.29) is 11.5 Å². The number of hydrogen-bond acceptors (Lipinski definition) is 4. The van der Waals surface area contributed by atoms with Crippen molar-refractivity contribution in [2.24, 2.45) is 5.92 Å². The van der Waals surface area contributed by atoms with E-state index >= 15 is 0 Å². The molecule has 3 fully saturated rings. The van der Waals surface area contributed by atoms with E-state index in [1.54, 1.807) is 0 Å². The van der Waals surface area contributed by atoms with Crippen LogP contribution in [0.4, 0.5) is 0 Å². The molecular formula is C30H38N2O3. The maximum atomic E-state index is 13.4. The van der Waals surface area contributed by atoms with Crippen LogP contribution in [0.1, 0.15) is 79.8 Å².